The van der Waals surface area contributed by atoms with Gasteiger partial charge in [-0.15, -0.1) is 0 Å². The summed E-state index contributed by atoms with van der Waals surface area (Å²) in [5, 5.41) is 3.34. The van der Waals surface area contributed by atoms with Crippen LogP contribution in [-0.2, 0) is 5.41 Å². The molecule has 0 aliphatic rings. The normalized spacial score (nSPS) is 10.8. The molecule has 2 aromatic rings. The lowest BCUT2D eigenvalue weighted by atomic mass is 9.87. The van der Waals surface area contributed by atoms with Gasteiger partial charge < -0.3 is 5.32 Å². The number of aryl methyl sites for hydroxylation is 1. The molecule has 0 atom stereocenters. The van der Waals surface area contributed by atoms with E-state index in [1.807, 2.05) is 55.5 Å². The van der Waals surface area contributed by atoms with Gasteiger partial charge in [-0.2, -0.15) is 0 Å². The Labute approximate surface area is 148 Å². The van der Waals surface area contributed by atoms with Gasteiger partial charge in [0.15, 0.2) is 5.11 Å². The summed E-state index contributed by atoms with van der Waals surface area (Å²) in [5.74, 6) is -0.233. The molecular formula is C19H23N3OS. The van der Waals surface area contributed by atoms with Crippen LogP contribution >= 0.6 is 12.2 Å². The van der Waals surface area contributed by atoms with E-state index < -0.39 is 0 Å². The molecule has 0 aromatic heterocycles. The monoisotopic (exact) mass is 341 g/mol. The molecule has 0 bridgehead atoms. The SMILES string of the molecule is Cc1ccc(NC(=S)NNC(=O)c2ccc(C(C)(C)C)cc2)cc1. The van der Waals surface area contributed by atoms with E-state index in [-0.39, 0.29) is 11.3 Å². The van der Waals surface area contributed by atoms with Crippen LogP contribution in [0, 0.1) is 6.92 Å². The Hall–Kier alpha value is -2.40. The molecule has 4 nitrogen and oxygen atoms in total. The quantitative estimate of drug-likeness (QED) is 0.572. The number of thiocarbonyl (C=S) groups is 1. The highest BCUT2D eigenvalue weighted by Crippen LogP contribution is 2.22. The predicted octanol–water partition coefficient (Wildman–Crippen LogP) is 3.92. The molecule has 0 unspecified atom stereocenters. The fourth-order valence-electron chi connectivity index (χ4n) is 2.11. The van der Waals surface area contributed by atoms with E-state index in [4.69, 9.17) is 12.2 Å². The first kappa shape index (κ1) is 17.9. The first-order chi connectivity index (χ1) is 11.3. The maximum absolute atomic E-state index is 12.1. The molecule has 0 fully saturated rings. The Morgan fingerprint density at radius 1 is 0.917 bits per heavy atom. The van der Waals surface area contributed by atoms with Crippen LogP contribution in [0.3, 0.4) is 0 Å². The van der Waals surface area contributed by atoms with Gasteiger partial charge in [-0.3, -0.25) is 15.6 Å². The van der Waals surface area contributed by atoms with Crippen molar-refractivity contribution in [3.63, 3.8) is 0 Å². The molecular weight excluding hydrogens is 318 g/mol. The van der Waals surface area contributed by atoms with Gasteiger partial charge in [0.1, 0.15) is 0 Å². The second kappa shape index (κ2) is 7.45. The molecule has 0 saturated carbocycles. The third-order valence-corrected chi connectivity index (χ3v) is 3.82. The topological polar surface area (TPSA) is 53.2 Å². The molecule has 5 heteroatoms. The lowest BCUT2D eigenvalue weighted by Crippen LogP contribution is -2.43. The van der Waals surface area contributed by atoms with E-state index in [0.29, 0.717) is 10.7 Å². The third kappa shape index (κ3) is 5.06. The van der Waals surface area contributed by atoms with Crippen LogP contribution in [0.5, 0.6) is 0 Å². The fraction of sp³-hybridized carbons (Fsp3) is 0.263. The Morgan fingerprint density at radius 2 is 1.50 bits per heavy atom. The summed E-state index contributed by atoms with van der Waals surface area (Å²) >= 11 is 5.17. The van der Waals surface area contributed by atoms with Crippen molar-refractivity contribution in [3.8, 4) is 0 Å². The number of nitrogens with one attached hydrogen (secondary N) is 3. The molecule has 0 heterocycles. The maximum Gasteiger partial charge on any atom is 0.269 e. The van der Waals surface area contributed by atoms with Crippen LogP contribution in [0.1, 0.15) is 42.3 Å². The molecule has 2 aromatic carbocycles. The number of rotatable bonds is 2. The first-order valence-corrected chi connectivity index (χ1v) is 8.21. The van der Waals surface area contributed by atoms with Crippen molar-refractivity contribution < 1.29 is 4.79 Å². The van der Waals surface area contributed by atoms with Crippen molar-refractivity contribution in [1.29, 1.82) is 0 Å². The summed E-state index contributed by atoms with van der Waals surface area (Å²) in [6.45, 7) is 8.43. The van der Waals surface area contributed by atoms with Crippen molar-refractivity contribution in [2.45, 2.75) is 33.1 Å². The average molecular weight is 341 g/mol. The van der Waals surface area contributed by atoms with Gasteiger partial charge in [0.2, 0.25) is 0 Å². The van der Waals surface area contributed by atoms with Crippen LogP contribution in [0.15, 0.2) is 48.5 Å². The zero-order valence-electron chi connectivity index (χ0n) is 14.4. The van der Waals surface area contributed by atoms with Crippen LogP contribution in [0.2, 0.25) is 0 Å². The van der Waals surface area contributed by atoms with Gasteiger partial charge in [0, 0.05) is 11.3 Å². The van der Waals surface area contributed by atoms with E-state index in [1.54, 1.807) is 0 Å². The highest BCUT2D eigenvalue weighted by molar-refractivity contribution is 7.80. The first-order valence-electron chi connectivity index (χ1n) is 7.80. The van der Waals surface area contributed by atoms with Crippen LogP contribution in [-0.4, -0.2) is 11.0 Å². The third-order valence-electron chi connectivity index (χ3n) is 3.61. The van der Waals surface area contributed by atoms with E-state index in [0.717, 1.165) is 5.69 Å². The minimum Gasteiger partial charge on any atom is -0.331 e. The molecule has 0 radical (unpaired) electrons. The Kier molecular flexibility index (Phi) is 5.57. The highest BCUT2D eigenvalue weighted by Gasteiger charge is 2.14. The predicted molar refractivity (Wildman–Crippen MR) is 103 cm³/mol. The van der Waals surface area contributed by atoms with Gasteiger partial charge >= 0.3 is 0 Å². The van der Waals surface area contributed by atoms with Gasteiger partial charge in [0.25, 0.3) is 5.91 Å². The highest BCUT2D eigenvalue weighted by atomic mass is 32.1. The van der Waals surface area contributed by atoms with Gasteiger partial charge in [-0.1, -0.05) is 50.6 Å². The van der Waals surface area contributed by atoms with E-state index in [1.165, 1.54) is 11.1 Å². The van der Waals surface area contributed by atoms with E-state index in [9.17, 15) is 4.79 Å². The molecule has 2 rings (SSSR count). The van der Waals surface area contributed by atoms with Gasteiger partial charge in [0.05, 0.1) is 0 Å². The molecule has 0 aliphatic heterocycles. The Balaban J connectivity index is 1.88. The number of anilines is 1. The second-order valence-electron chi connectivity index (χ2n) is 6.73. The van der Waals surface area contributed by atoms with Crippen molar-refractivity contribution in [2.75, 3.05) is 5.32 Å². The second-order valence-corrected chi connectivity index (χ2v) is 7.13. The van der Waals surface area contributed by atoms with Crippen molar-refractivity contribution in [1.82, 2.24) is 10.9 Å². The number of benzene rings is 2. The van der Waals surface area contributed by atoms with Crippen molar-refractivity contribution in [2.24, 2.45) is 0 Å². The van der Waals surface area contributed by atoms with Crippen molar-refractivity contribution in [3.05, 3.63) is 65.2 Å². The lowest BCUT2D eigenvalue weighted by Gasteiger charge is -2.19. The molecule has 3 N–H and O–H groups in total. The summed E-state index contributed by atoms with van der Waals surface area (Å²) in [6.07, 6.45) is 0. The number of carbonyl (C=O) groups excluding carboxylic acids is 1. The number of amides is 1. The molecule has 24 heavy (non-hydrogen) atoms. The fourth-order valence-corrected chi connectivity index (χ4v) is 2.28. The summed E-state index contributed by atoms with van der Waals surface area (Å²) in [4.78, 5) is 12.1. The Bertz CT molecular complexity index is 716. The number of carbonyl (C=O) groups is 1. The standard InChI is InChI=1S/C19H23N3OS/c1-13-5-11-16(12-6-13)20-18(24)22-21-17(23)14-7-9-15(10-8-14)19(2,3)4/h5-12H,1-4H3,(H,21,23)(H2,20,22,24). The minimum absolute atomic E-state index is 0.0623. The molecule has 126 valence electrons. The van der Waals surface area contributed by atoms with Crippen molar-refractivity contribution >= 4 is 28.9 Å². The minimum atomic E-state index is -0.233. The zero-order chi connectivity index (χ0) is 17.7. The Morgan fingerprint density at radius 3 is 2.04 bits per heavy atom. The lowest BCUT2D eigenvalue weighted by molar-refractivity contribution is 0.0944. The smallest absolute Gasteiger partial charge is 0.269 e. The summed E-state index contributed by atoms with van der Waals surface area (Å²) < 4.78 is 0. The van der Waals surface area contributed by atoms with Gasteiger partial charge in [-0.05, 0) is 54.4 Å². The average Bonchev–Trinajstić information content (AvgIpc) is 2.54. The molecule has 0 aliphatic carbocycles. The van der Waals surface area contributed by atoms with Gasteiger partial charge in [-0.25, -0.2) is 0 Å². The summed E-state index contributed by atoms with van der Waals surface area (Å²) in [5.41, 5.74) is 9.16. The zero-order valence-corrected chi connectivity index (χ0v) is 15.3. The molecule has 1 amide bonds. The number of hydrogen-bond donors (Lipinski definition) is 3. The van der Waals surface area contributed by atoms with Crippen LogP contribution in [0.25, 0.3) is 0 Å². The van der Waals surface area contributed by atoms with Crippen LogP contribution in [0.4, 0.5) is 5.69 Å². The van der Waals surface area contributed by atoms with E-state index in [2.05, 4.69) is 36.9 Å². The maximum atomic E-state index is 12.1. The van der Waals surface area contributed by atoms with E-state index >= 15 is 0 Å². The molecule has 0 spiro atoms. The summed E-state index contributed by atoms with van der Waals surface area (Å²) in [7, 11) is 0. The largest absolute Gasteiger partial charge is 0.331 e. The summed E-state index contributed by atoms with van der Waals surface area (Å²) in [6, 6.07) is 15.4. The molecule has 0 saturated heterocycles. The number of hydrazine groups is 1. The van der Waals surface area contributed by atoms with Crippen LogP contribution < -0.4 is 16.2 Å². The number of hydrogen-bond acceptors (Lipinski definition) is 2.